The van der Waals surface area contributed by atoms with Gasteiger partial charge < -0.3 is 10.1 Å². The Kier molecular flexibility index (Phi) is 3.69. The molecule has 0 spiro atoms. The maximum absolute atomic E-state index is 11.6. The SMILES string of the molecule is CC1CC(Nc2cnn(C)c(=O)c2Cl)CCO1. The van der Waals surface area contributed by atoms with Gasteiger partial charge in [0.15, 0.2) is 0 Å². The molecule has 1 saturated heterocycles. The smallest absolute Gasteiger partial charge is 0.287 e. The first-order chi connectivity index (χ1) is 8.08. The molecule has 5 nitrogen and oxygen atoms in total. The van der Waals surface area contributed by atoms with Crippen molar-refractivity contribution in [1.29, 1.82) is 0 Å². The monoisotopic (exact) mass is 257 g/mol. The van der Waals surface area contributed by atoms with Crippen LogP contribution in [0.25, 0.3) is 0 Å². The molecule has 0 aromatic carbocycles. The zero-order valence-corrected chi connectivity index (χ0v) is 10.7. The highest BCUT2D eigenvalue weighted by Gasteiger charge is 2.20. The lowest BCUT2D eigenvalue weighted by molar-refractivity contribution is 0.0232. The Morgan fingerprint density at radius 1 is 1.65 bits per heavy atom. The number of ether oxygens (including phenoxy) is 1. The Hall–Kier alpha value is -1.07. The lowest BCUT2D eigenvalue weighted by atomic mass is 10.0. The van der Waals surface area contributed by atoms with E-state index in [2.05, 4.69) is 10.4 Å². The summed E-state index contributed by atoms with van der Waals surface area (Å²) < 4.78 is 6.69. The molecule has 0 amide bonds. The van der Waals surface area contributed by atoms with Crippen molar-refractivity contribution in [3.8, 4) is 0 Å². The van der Waals surface area contributed by atoms with Gasteiger partial charge in [-0.2, -0.15) is 5.10 Å². The minimum Gasteiger partial charge on any atom is -0.379 e. The van der Waals surface area contributed by atoms with Gasteiger partial charge in [0.05, 0.1) is 18.0 Å². The molecule has 94 valence electrons. The Morgan fingerprint density at radius 2 is 2.41 bits per heavy atom. The Morgan fingerprint density at radius 3 is 3.12 bits per heavy atom. The van der Waals surface area contributed by atoms with Crippen molar-refractivity contribution >= 4 is 17.3 Å². The van der Waals surface area contributed by atoms with Crippen LogP contribution in [0.4, 0.5) is 5.69 Å². The molecule has 2 unspecified atom stereocenters. The van der Waals surface area contributed by atoms with Crippen molar-refractivity contribution in [3.05, 3.63) is 21.6 Å². The van der Waals surface area contributed by atoms with E-state index in [0.29, 0.717) is 5.69 Å². The van der Waals surface area contributed by atoms with E-state index >= 15 is 0 Å². The topological polar surface area (TPSA) is 56.2 Å². The van der Waals surface area contributed by atoms with Crippen molar-refractivity contribution in [2.45, 2.75) is 31.9 Å². The zero-order valence-electron chi connectivity index (χ0n) is 9.94. The van der Waals surface area contributed by atoms with Gasteiger partial charge in [0.1, 0.15) is 5.02 Å². The van der Waals surface area contributed by atoms with E-state index in [9.17, 15) is 4.79 Å². The van der Waals surface area contributed by atoms with E-state index in [0.717, 1.165) is 19.4 Å². The number of nitrogens with one attached hydrogen (secondary N) is 1. The molecule has 1 aromatic rings. The Bertz CT molecular complexity index is 461. The number of hydrogen-bond donors (Lipinski definition) is 1. The van der Waals surface area contributed by atoms with Crippen LogP contribution < -0.4 is 10.9 Å². The molecule has 1 aromatic heterocycles. The average molecular weight is 258 g/mol. The summed E-state index contributed by atoms with van der Waals surface area (Å²) in [6.45, 7) is 2.77. The van der Waals surface area contributed by atoms with Gasteiger partial charge in [-0.05, 0) is 19.8 Å². The first kappa shape index (κ1) is 12.4. The highest BCUT2D eigenvalue weighted by atomic mass is 35.5. The van der Waals surface area contributed by atoms with Crippen LogP contribution in [0, 0.1) is 0 Å². The number of halogens is 1. The average Bonchev–Trinajstić information content (AvgIpc) is 2.30. The van der Waals surface area contributed by atoms with E-state index in [1.165, 1.54) is 4.68 Å². The maximum atomic E-state index is 11.6. The van der Waals surface area contributed by atoms with Gasteiger partial charge in [-0.15, -0.1) is 0 Å². The van der Waals surface area contributed by atoms with Gasteiger partial charge in [0.25, 0.3) is 5.56 Å². The summed E-state index contributed by atoms with van der Waals surface area (Å²) in [6.07, 6.45) is 3.64. The lowest BCUT2D eigenvalue weighted by Gasteiger charge is -2.28. The van der Waals surface area contributed by atoms with Crippen LogP contribution >= 0.6 is 11.6 Å². The van der Waals surface area contributed by atoms with Gasteiger partial charge in [-0.3, -0.25) is 4.79 Å². The Balaban J connectivity index is 2.13. The summed E-state index contributed by atoms with van der Waals surface area (Å²) in [4.78, 5) is 11.6. The largest absolute Gasteiger partial charge is 0.379 e. The third kappa shape index (κ3) is 2.79. The van der Waals surface area contributed by atoms with Crippen LogP contribution in [-0.2, 0) is 11.8 Å². The van der Waals surface area contributed by atoms with Gasteiger partial charge in [-0.1, -0.05) is 11.6 Å². The highest BCUT2D eigenvalue weighted by Crippen LogP contribution is 2.21. The standard InChI is InChI=1S/C11H16ClN3O2/c1-7-5-8(3-4-17-7)14-9-6-13-15(2)11(16)10(9)12/h6-8,14H,3-5H2,1-2H3. The van der Waals surface area contributed by atoms with Gasteiger partial charge in [-0.25, -0.2) is 4.68 Å². The number of anilines is 1. The molecule has 2 rings (SSSR count). The van der Waals surface area contributed by atoms with E-state index < -0.39 is 0 Å². The fourth-order valence-electron chi connectivity index (χ4n) is 1.96. The molecule has 6 heteroatoms. The van der Waals surface area contributed by atoms with E-state index in [-0.39, 0.29) is 22.7 Å². The summed E-state index contributed by atoms with van der Waals surface area (Å²) in [5, 5.41) is 7.41. The minimum absolute atomic E-state index is 0.196. The number of rotatable bonds is 2. The summed E-state index contributed by atoms with van der Waals surface area (Å²) in [5.74, 6) is 0. The molecule has 1 aliphatic rings. The molecule has 0 radical (unpaired) electrons. The van der Waals surface area contributed by atoms with Crippen molar-refractivity contribution in [1.82, 2.24) is 9.78 Å². The van der Waals surface area contributed by atoms with Gasteiger partial charge >= 0.3 is 0 Å². The van der Waals surface area contributed by atoms with Crippen LogP contribution in [0.5, 0.6) is 0 Å². The fourth-order valence-corrected chi connectivity index (χ4v) is 2.19. The molecule has 2 atom stereocenters. The van der Waals surface area contributed by atoms with Crippen molar-refractivity contribution in [3.63, 3.8) is 0 Å². The second-order valence-electron chi connectivity index (χ2n) is 4.35. The molecular weight excluding hydrogens is 242 g/mol. The second kappa shape index (κ2) is 5.06. The predicted molar refractivity (Wildman–Crippen MR) is 66.5 cm³/mol. The first-order valence-corrected chi connectivity index (χ1v) is 6.05. The molecule has 17 heavy (non-hydrogen) atoms. The predicted octanol–water partition coefficient (Wildman–Crippen LogP) is 1.41. The Labute approximate surface area is 105 Å². The maximum Gasteiger partial charge on any atom is 0.287 e. The first-order valence-electron chi connectivity index (χ1n) is 5.68. The number of nitrogens with zero attached hydrogens (tertiary/aromatic N) is 2. The quantitative estimate of drug-likeness (QED) is 0.871. The zero-order chi connectivity index (χ0) is 12.4. The molecule has 1 fully saturated rings. The van der Waals surface area contributed by atoms with Crippen LogP contribution in [-0.4, -0.2) is 28.5 Å². The molecule has 1 aliphatic heterocycles. The molecular formula is C11H16ClN3O2. The van der Waals surface area contributed by atoms with Crippen LogP contribution in [0.2, 0.25) is 5.02 Å². The van der Waals surface area contributed by atoms with Gasteiger partial charge in [0, 0.05) is 19.7 Å². The summed E-state index contributed by atoms with van der Waals surface area (Å²) >= 11 is 5.99. The molecule has 0 bridgehead atoms. The molecule has 2 heterocycles. The van der Waals surface area contributed by atoms with Crippen molar-refractivity contribution in [2.75, 3.05) is 11.9 Å². The van der Waals surface area contributed by atoms with Crippen LogP contribution in [0.15, 0.2) is 11.0 Å². The van der Waals surface area contributed by atoms with E-state index in [1.54, 1.807) is 13.2 Å². The fraction of sp³-hybridized carbons (Fsp3) is 0.636. The third-order valence-corrected chi connectivity index (χ3v) is 3.29. The van der Waals surface area contributed by atoms with E-state index in [1.807, 2.05) is 6.92 Å². The van der Waals surface area contributed by atoms with Crippen molar-refractivity contribution in [2.24, 2.45) is 7.05 Å². The molecule has 0 aliphatic carbocycles. The number of aryl methyl sites for hydroxylation is 1. The van der Waals surface area contributed by atoms with E-state index in [4.69, 9.17) is 16.3 Å². The molecule has 1 N–H and O–H groups in total. The lowest BCUT2D eigenvalue weighted by Crippen LogP contribution is -2.33. The third-order valence-electron chi connectivity index (χ3n) is 2.92. The highest BCUT2D eigenvalue weighted by molar-refractivity contribution is 6.32. The molecule has 0 saturated carbocycles. The summed E-state index contributed by atoms with van der Waals surface area (Å²) in [6, 6.07) is 0.283. The summed E-state index contributed by atoms with van der Waals surface area (Å²) in [5.41, 5.74) is 0.325. The van der Waals surface area contributed by atoms with Crippen LogP contribution in [0.3, 0.4) is 0 Å². The van der Waals surface area contributed by atoms with Gasteiger partial charge in [0.2, 0.25) is 0 Å². The summed E-state index contributed by atoms with van der Waals surface area (Å²) in [7, 11) is 1.58. The minimum atomic E-state index is -0.281. The number of aromatic nitrogens is 2. The number of hydrogen-bond acceptors (Lipinski definition) is 4. The normalized spacial score (nSPS) is 24.6. The van der Waals surface area contributed by atoms with Crippen molar-refractivity contribution < 1.29 is 4.74 Å². The second-order valence-corrected chi connectivity index (χ2v) is 4.73. The van der Waals surface area contributed by atoms with Crippen LogP contribution in [0.1, 0.15) is 19.8 Å².